The summed E-state index contributed by atoms with van der Waals surface area (Å²) < 4.78 is 1.56. The van der Waals surface area contributed by atoms with Gasteiger partial charge in [-0.1, -0.05) is 0 Å². The molecule has 1 amide bonds. The molecule has 7 heteroatoms. The van der Waals surface area contributed by atoms with E-state index in [1.165, 1.54) is 0 Å². The summed E-state index contributed by atoms with van der Waals surface area (Å²) in [5.74, 6) is 0.386. The van der Waals surface area contributed by atoms with Crippen LogP contribution in [0.1, 0.15) is 35.6 Å². The highest BCUT2D eigenvalue weighted by Crippen LogP contribution is 2.05. The van der Waals surface area contributed by atoms with Gasteiger partial charge in [0.2, 0.25) is 5.82 Å². The van der Waals surface area contributed by atoms with Crippen LogP contribution in [0.4, 0.5) is 0 Å². The second kappa shape index (κ2) is 6.42. The molecule has 0 fully saturated rings. The van der Waals surface area contributed by atoms with Gasteiger partial charge in [-0.25, -0.2) is 9.50 Å². The van der Waals surface area contributed by atoms with Crippen molar-refractivity contribution in [1.29, 1.82) is 0 Å². The number of amides is 1. The standard InChI is InChI=1S/C13H19N5O2/c1-10-6-7-14-13-15-11(16-18(10)13)12(20)17(2)8-4-3-5-9-19/h6-7,19H,3-5,8-9H2,1-2H3. The molecule has 0 bridgehead atoms. The molecule has 0 atom stereocenters. The third kappa shape index (κ3) is 3.11. The molecule has 108 valence electrons. The van der Waals surface area contributed by atoms with Gasteiger partial charge in [0.05, 0.1) is 0 Å². The van der Waals surface area contributed by atoms with Crippen molar-refractivity contribution < 1.29 is 9.90 Å². The number of aryl methyl sites for hydroxylation is 1. The smallest absolute Gasteiger partial charge is 0.293 e. The highest BCUT2D eigenvalue weighted by Gasteiger charge is 2.18. The summed E-state index contributed by atoms with van der Waals surface area (Å²) in [6.07, 6.45) is 4.16. The predicted octanol–water partition coefficient (Wildman–Crippen LogP) is 0.667. The van der Waals surface area contributed by atoms with Crippen LogP contribution in [0.3, 0.4) is 0 Å². The number of nitrogens with zero attached hydrogens (tertiary/aromatic N) is 5. The summed E-state index contributed by atoms with van der Waals surface area (Å²) >= 11 is 0. The van der Waals surface area contributed by atoms with Crippen LogP contribution < -0.4 is 0 Å². The Morgan fingerprint density at radius 3 is 2.90 bits per heavy atom. The molecule has 2 aromatic rings. The van der Waals surface area contributed by atoms with Crippen LogP contribution >= 0.6 is 0 Å². The van der Waals surface area contributed by atoms with Gasteiger partial charge in [0.1, 0.15) is 0 Å². The van der Waals surface area contributed by atoms with Gasteiger partial charge in [0.25, 0.3) is 11.7 Å². The van der Waals surface area contributed by atoms with Crippen LogP contribution in [0, 0.1) is 6.92 Å². The van der Waals surface area contributed by atoms with Gasteiger partial charge in [0, 0.05) is 32.1 Å². The molecular weight excluding hydrogens is 258 g/mol. The average molecular weight is 277 g/mol. The van der Waals surface area contributed by atoms with Crippen molar-refractivity contribution in [2.45, 2.75) is 26.2 Å². The van der Waals surface area contributed by atoms with Crippen molar-refractivity contribution in [2.75, 3.05) is 20.2 Å². The maximum atomic E-state index is 12.2. The second-order valence-corrected chi connectivity index (χ2v) is 4.74. The molecule has 2 heterocycles. The van der Waals surface area contributed by atoms with E-state index >= 15 is 0 Å². The van der Waals surface area contributed by atoms with E-state index in [0.29, 0.717) is 12.3 Å². The third-order valence-electron chi connectivity index (χ3n) is 3.12. The van der Waals surface area contributed by atoms with E-state index in [4.69, 9.17) is 5.11 Å². The summed E-state index contributed by atoms with van der Waals surface area (Å²) in [7, 11) is 1.73. The van der Waals surface area contributed by atoms with Gasteiger partial charge in [0.15, 0.2) is 0 Å². The average Bonchev–Trinajstić information content (AvgIpc) is 2.88. The highest BCUT2D eigenvalue weighted by atomic mass is 16.2. The number of carbonyl (C=O) groups is 1. The molecular formula is C13H19N5O2. The van der Waals surface area contributed by atoms with Crippen LogP contribution in [0.2, 0.25) is 0 Å². The number of hydrogen-bond acceptors (Lipinski definition) is 5. The third-order valence-corrected chi connectivity index (χ3v) is 3.12. The van der Waals surface area contributed by atoms with Crippen molar-refractivity contribution in [3.8, 4) is 0 Å². The molecule has 0 saturated heterocycles. The minimum absolute atomic E-state index is 0.163. The maximum absolute atomic E-state index is 12.2. The molecule has 2 rings (SSSR count). The summed E-state index contributed by atoms with van der Waals surface area (Å²) in [4.78, 5) is 22.0. The lowest BCUT2D eigenvalue weighted by atomic mass is 10.2. The first kappa shape index (κ1) is 14.4. The molecule has 0 aromatic carbocycles. The highest BCUT2D eigenvalue weighted by molar-refractivity contribution is 5.90. The fourth-order valence-corrected chi connectivity index (χ4v) is 1.91. The van der Waals surface area contributed by atoms with E-state index in [2.05, 4.69) is 15.1 Å². The number of fused-ring (bicyclic) bond motifs is 1. The predicted molar refractivity (Wildman–Crippen MR) is 73.4 cm³/mol. The molecule has 7 nitrogen and oxygen atoms in total. The number of aromatic nitrogens is 4. The van der Waals surface area contributed by atoms with Crippen LogP contribution in [0.25, 0.3) is 5.78 Å². The minimum Gasteiger partial charge on any atom is -0.396 e. The van der Waals surface area contributed by atoms with E-state index in [-0.39, 0.29) is 18.3 Å². The number of aliphatic hydroxyl groups is 1. The normalized spacial score (nSPS) is 10.9. The molecule has 0 saturated carbocycles. The zero-order chi connectivity index (χ0) is 14.5. The van der Waals surface area contributed by atoms with Crippen LogP contribution in [-0.2, 0) is 0 Å². The first-order valence-electron chi connectivity index (χ1n) is 6.68. The zero-order valence-corrected chi connectivity index (χ0v) is 11.8. The summed E-state index contributed by atoms with van der Waals surface area (Å²) in [5.41, 5.74) is 0.882. The van der Waals surface area contributed by atoms with Crippen LogP contribution in [0.5, 0.6) is 0 Å². The number of unbranched alkanes of at least 4 members (excludes halogenated alkanes) is 2. The molecule has 1 N–H and O–H groups in total. The lowest BCUT2D eigenvalue weighted by molar-refractivity contribution is 0.0780. The molecule has 0 aliphatic heterocycles. The summed E-state index contributed by atoms with van der Waals surface area (Å²) in [5, 5.41) is 12.9. The Hall–Kier alpha value is -2.02. The van der Waals surface area contributed by atoms with Crippen molar-refractivity contribution in [1.82, 2.24) is 24.5 Å². The molecule has 0 spiro atoms. The summed E-state index contributed by atoms with van der Waals surface area (Å²) in [6, 6.07) is 1.81. The monoisotopic (exact) mass is 277 g/mol. The lowest BCUT2D eigenvalue weighted by Crippen LogP contribution is -2.28. The molecule has 20 heavy (non-hydrogen) atoms. The fourth-order valence-electron chi connectivity index (χ4n) is 1.91. The van der Waals surface area contributed by atoms with Gasteiger partial charge in [-0.15, -0.1) is 5.10 Å². The Kier molecular flexibility index (Phi) is 4.62. The Labute approximate surface area is 117 Å². The quantitative estimate of drug-likeness (QED) is 0.784. The van der Waals surface area contributed by atoms with Crippen LogP contribution in [0.15, 0.2) is 12.3 Å². The van der Waals surface area contributed by atoms with E-state index in [1.54, 1.807) is 22.7 Å². The fraction of sp³-hybridized carbons (Fsp3) is 0.538. The summed E-state index contributed by atoms with van der Waals surface area (Å²) in [6.45, 7) is 2.70. The Morgan fingerprint density at radius 2 is 2.20 bits per heavy atom. The Balaban J connectivity index is 2.05. The number of aliphatic hydroxyl groups excluding tert-OH is 1. The zero-order valence-electron chi connectivity index (χ0n) is 11.8. The second-order valence-electron chi connectivity index (χ2n) is 4.74. The van der Waals surface area contributed by atoms with Gasteiger partial charge in [-0.05, 0) is 32.3 Å². The van der Waals surface area contributed by atoms with Gasteiger partial charge < -0.3 is 10.0 Å². The maximum Gasteiger partial charge on any atom is 0.293 e. The van der Waals surface area contributed by atoms with E-state index in [9.17, 15) is 4.79 Å². The Bertz CT molecular complexity index is 595. The van der Waals surface area contributed by atoms with E-state index in [1.807, 2.05) is 13.0 Å². The van der Waals surface area contributed by atoms with Crippen molar-refractivity contribution in [2.24, 2.45) is 0 Å². The molecule has 2 aromatic heterocycles. The molecule has 0 aliphatic rings. The van der Waals surface area contributed by atoms with Gasteiger partial charge in [-0.2, -0.15) is 4.98 Å². The van der Waals surface area contributed by atoms with Gasteiger partial charge in [-0.3, -0.25) is 4.79 Å². The van der Waals surface area contributed by atoms with Crippen molar-refractivity contribution in [3.63, 3.8) is 0 Å². The van der Waals surface area contributed by atoms with Crippen molar-refractivity contribution in [3.05, 3.63) is 23.8 Å². The van der Waals surface area contributed by atoms with Crippen molar-refractivity contribution >= 4 is 11.7 Å². The molecule has 0 aliphatic carbocycles. The first-order chi connectivity index (χ1) is 9.63. The number of carbonyl (C=O) groups excluding carboxylic acids is 1. The number of rotatable bonds is 6. The van der Waals surface area contributed by atoms with Crippen LogP contribution in [-0.4, -0.2) is 55.7 Å². The molecule has 0 unspecified atom stereocenters. The van der Waals surface area contributed by atoms with Gasteiger partial charge >= 0.3 is 0 Å². The van der Waals surface area contributed by atoms with E-state index < -0.39 is 0 Å². The minimum atomic E-state index is -0.209. The largest absolute Gasteiger partial charge is 0.396 e. The first-order valence-corrected chi connectivity index (χ1v) is 6.68. The molecule has 0 radical (unpaired) electrons. The number of hydrogen-bond donors (Lipinski definition) is 1. The van der Waals surface area contributed by atoms with E-state index in [0.717, 1.165) is 25.0 Å². The lowest BCUT2D eigenvalue weighted by Gasteiger charge is -2.14. The Morgan fingerprint density at radius 1 is 1.40 bits per heavy atom. The SMILES string of the molecule is Cc1ccnc2nc(C(=O)N(C)CCCCCO)nn12. The topological polar surface area (TPSA) is 83.6 Å².